The number of rotatable bonds is 3. The predicted molar refractivity (Wildman–Crippen MR) is 96.1 cm³/mol. The van der Waals surface area contributed by atoms with Gasteiger partial charge in [-0.3, -0.25) is 4.79 Å². The van der Waals surface area contributed by atoms with Crippen LogP contribution in [-0.4, -0.2) is 54.7 Å². The van der Waals surface area contributed by atoms with E-state index in [1.54, 1.807) is 29.4 Å². The number of carbonyl (C=O) groups excluding carboxylic acids is 1. The molecule has 1 aromatic heterocycles. The molecule has 25 heavy (non-hydrogen) atoms. The maximum atomic E-state index is 13.0. The highest BCUT2D eigenvalue weighted by Crippen LogP contribution is 2.24. The molecule has 1 aromatic carbocycles. The number of aryl methyl sites for hydroxylation is 3. The second kappa shape index (κ2) is 6.65. The summed E-state index contributed by atoms with van der Waals surface area (Å²) in [7, 11) is -3.55. The van der Waals surface area contributed by atoms with Crippen LogP contribution in [-0.2, 0) is 10.0 Å². The molecular weight excluding hydrogens is 338 g/mol. The average Bonchev–Trinajstić information content (AvgIpc) is 3.12. The number of piperazine rings is 1. The zero-order valence-electron chi connectivity index (χ0n) is 14.7. The van der Waals surface area contributed by atoms with Crippen LogP contribution in [0, 0.1) is 20.8 Å². The highest BCUT2D eigenvalue weighted by atomic mass is 32.2. The van der Waals surface area contributed by atoms with Crippen LogP contribution in [0.25, 0.3) is 0 Å². The van der Waals surface area contributed by atoms with E-state index in [0.29, 0.717) is 36.6 Å². The van der Waals surface area contributed by atoms with Crippen molar-refractivity contribution in [3.63, 3.8) is 0 Å². The van der Waals surface area contributed by atoms with Crippen molar-refractivity contribution in [1.29, 1.82) is 0 Å². The van der Waals surface area contributed by atoms with Crippen molar-refractivity contribution in [2.75, 3.05) is 26.2 Å². The van der Waals surface area contributed by atoms with Gasteiger partial charge in [0.2, 0.25) is 10.0 Å². The minimum Gasteiger partial charge on any atom is -0.367 e. The summed E-state index contributed by atoms with van der Waals surface area (Å²) in [4.78, 5) is 17.3. The third kappa shape index (κ3) is 3.34. The average molecular weight is 361 g/mol. The molecule has 1 aliphatic heterocycles. The number of sulfonamides is 1. The van der Waals surface area contributed by atoms with Gasteiger partial charge in [0, 0.05) is 38.6 Å². The van der Waals surface area contributed by atoms with Crippen LogP contribution in [0.15, 0.2) is 35.5 Å². The number of H-pyrrole nitrogens is 1. The molecular formula is C18H23N3O3S. The molecule has 6 nitrogen and oxygen atoms in total. The van der Waals surface area contributed by atoms with Crippen molar-refractivity contribution in [2.45, 2.75) is 25.7 Å². The summed E-state index contributed by atoms with van der Waals surface area (Å²) in [5.74, 6) is -0.0688. The molecule has 0 atom stereocenters. The number of nitrogens with zero attached hydrogens (tertiary/aromatic N) is 2. The van der Waals surface area contributed by atoms with Gasteiger partial charge in [-0.1, -0.05) is 6.07 Å². The molecule has 1 N–H and O–H groups in total. The first-order valence-corrected chi connectivity index (χ1v) is 9.75. The van der Waals surface area contributed by atoms with E-state index in [1.807, 2.05) is 26.8 Å². The molecule has 1 saturated heterocycles. The van der Waals surface area contributed by atoms with E-state index in [0.717, 1.165) is 16.7 Å². The third-order valence-electron chi connectivity index (χ3n) is 4.78. The fourth-order valence-electron chi connectivity index (χ4n) is 3.12. The first-order valence-electron chi connectivity index (χ1n) is 8.31. The van der Waals surface area contributed by atoms with Gasteiger partial charge < -0.3 is 9.88 Å². The Balaban J connectivity index is 1.76. The normalized spacial score (nSPS) is 16.2. The molecule has 0 bridgehead atoms. The molecule has 1 fully saturated rings. The molecule has 0 unspecified atom stereocenters. The number of carbonyl (C=O) groups is 1. The van der Waals surface area contributed by atoms with Gasteiger partial charge in [0.25, 0.3) is 5.91 Å². The van der Waals surface area contributed by atoms with Crippen molar-refractivity contribution >= 4 is 15.9 Å². The van der Waals surface area contributed by atoms with E-state index in [1.165, 1.54) is 4.31 Å². The molecule has 2 heterocycles. The smallest absolute Gasteiger partial charge is 0.255 e. The Morgan fingerprint density at radius 3 is 2.24 bits per heavy atom. The summed E-state index contributed by atoms with van der Waals surface area (Å²) in [5, 5.41) is 0. The van der Waals surface area contributed by atoms with E-state index in [9.17, 15) is 13.2 Å². The minimum atomic E-state index is -3.55. The van der Waals surface area contributed by atoms with Crippen LogP contribution >= 0.6 is 0 Å². The van der Waals surface area contributed by atoms with Crippen LogP contribution in [0.3, 0.4) is 0 Å². The summed E-state index contributed by atoms with van der Waals surface area (Å²) in [6, 6.07) is 5.38. The minimum absolute atomic E-state index is 0.0688. The van der Waals surface area contributed by atoms with Crippen LogP contribution in [0.1, 0.15) is 27.0 Å². The lowest BCUT2D eigenvalue weighted by molar-refractivity contribution is 0.0698. The lowest BCUT2D eigenvalue weighted by atomic mass is 10.1. The van der Waals surface area contributed by atoms with Crippen LogP contribution in [0.5, 0.6) is 0 Å². The standard InChI is InChI=1S/C18H23N3O3S/c1-13-10-15(3)17(11-14(13)2)25(23,24)21-8-6-20(7-9-21)18(22)16-4-5-19-12-16/h4-5,10-12,19H,6-9H2,1-3H3. The van der Waals surface area contributed by atoms with Gasteiger partial charge >= 0.3 is 0 Å². The lowest BCUT2D eigenvalue weighted by Gasteiger charge is -2.34. The Morgan fingerprint density at radius 2 is 1.64 bits per heavy atom. The van der Waals surface area contributed by atoms with E-state index in [-0.39, 0.29) is 5.91 Å². The highest BCUT2D eigenvalue weighted by molar-refractivity contribution is 7.89. The maximum absolute atomic E-state index is 13.0. The molecule has 0 spiro atoms. The fourth-order valence-corrected chi connectivity index (χ4v) is 4.84. The van der Waals surface area contributed by atoms with E-state index < -0.39 is 10.0 Å². The van der Waals surface area contributed by atoms with Crippen molar-refractivity contribution < 1.29 is 13.2 Å². The lowest BCUT2D eigenvalue weighted by Crippen LogP contribution is -2.50. The Labute approximate surface area is 148 Å². The molecule has 1 amide bonds. The maximum Gasteiger partial charge on any atom is 0.255 e. The molecule has 0 aliphatic carbocycles. The predicted octanol–water partition coefficient (Wildman–Crippen LogP) is 2.09. The summed E-state index contributed by atoms with van der Waals surface area (Å²) in [6.45, 7) is 7.13. The number of aromatic nitrogens is 1. The van der Waals surface area contributed by atoms with E-state index >= 15 is 0 Å². The van der Waals surface area contributed by atoms with Gasteiger partial charge in [-0.25, -0.2) is 8.42 Å². The molecule has 2 aromatic rings. The van der Waals surface area contributed by atoms with Crippen molar-refractivity contribution in [1.82, 2.24) is 14.2 Å². The molecule has 3 rings (SSSR count). The topological polar surface area (TPSA) is 73.5 Å². The second-order valence-electron chi connectivity index (χ2n) is 6.50. The first-order chi connectivity index (χ1) is 11.8. The molecule has 134 valence electrons. The molecule has 1 aliphatic rings. The summed E-state index contributed by atoms with van der Waals surface area (Å²) < 4.78 is 27.5. The van der Waals surface area contributed by atoms with Crippen molar-refractivity contribution in [3.05, 3.63) is 52.8 Å². The molecule has 7 heteroatoms. The monoisotopic (exact) mass is 361 g/mol. The Morgan fingerprint density at radius 1 is 1.00 bits per heavy atom. The van der Waals surface area contributed by atoms with Crippen molar-refractivity contribution in [3.8, 4) is 0 Å². The summed E-state index contributed by atoms with van der Waals surface area (Å²) >= 11 is 0. The second-order valence-corrected chi connectivity index (χ2v) is 8.40. The van der Waals surface area contributed by atoms with Gasteiger partial charge in [0.05, 0.1) is 10.5 Å². The largest absolute Gasteiger partial charge is 0.367 e. The molecule has 0 saturated carbocycles. The number of amides is 1. The van der Waals surface area contributed by atoms with Crippen LogP contribution in [0.4, 0.5) is 0 Å². The van der Waals surface area contributed by atoms with Crippen LogP contribution < -0.4 is 0 Å². The quantitative estimate of drug-likeness (QED) is 0.910. The zero-order valence-corrected chi connectivity index (χ0v) is 15.6. The van der Waals surface area contributed by atoms with Crippen molar-refractivity contribution in [2.24, 2.45) is 0 Å². The zero-order chi connectivity index (χ0) is 18.2. The molecule has 0 radical (unpaired) electrons. The van der Waals surface area contributed by atoms with Gasteiger partial charge in [0.15, 0.2) is 0 Å². The Bertz CT molecular complexity index is 881. The van der Waals surface area contributed by atoms with Gasteiger partial charge in [-0.2, -0.15) is 4.31 Å². The fraction of sp³-hybridized carbons (Fsp3) is 0.389. The SMILES string of the molecule is Cc1cc(C)c(S(=O)(=O)N2CCN(C(=O)c3cc[nH]c3)CC2)cc1C. The first kappa shape index (κ1) is 17.7. The van der Waals surface area contributed by atoms with E-state index in [2.05, 4.69) is 4.98 Å². The summed E-state index contributed by atoms with van der Waals surface area (Å²) in [5.41, 5.74) is 3.40. The number of benzene rings is 1. The third-order valence-corrected chi connectivity index (χ3v) is 6.82. The number of nitrogens with one attached hydrogen (secondary N) is 1. The van der Waals surface area contributed by atoms with E-state index in [4.69, 9.17) is 0 Å². The van der Waals surface area contributed by atoms with Gasteiger partial charge in [-0.05, 0) is 49.6 Å². The van der Waals surface area contributed by atoms with Gasteiger partial charge in [0.1, 0.15) is 0 Å². The number of hydrogen-bond acceptors (Lipinski definition) is 3. The number of aromatic amines is 1. The Hall–Kier alpha value is -2.12. The Kier molecular flexibility index (Phi) is 4.71. The summed E-state index contributed by atoms with van der Waals surface area (Å²) in [6.07, 6.45) is 3.36. The highest BCUT2D eigenvalue weighted by Gasteiger charge is 2.31. The number of hydrogen-bond donors (Lipinski definition) is 1. The van der Waals surface area contributed by atoms with Gasteiger partial charge in [-0.15, -0.1) is 0 Å². The van der Waals surface area contributed by atoms with Crippen LogP contribution in [0.2, 0.25) is 0 Å².